The van der Waals surface area contributed by atoms with Crippen LogP contribution in [0.25, 0.3) is 11.1 Å². The third kappa shape index (κ3) is 6.91. The van der Waals surface area contributed by atoms with Gasteiger partial charge >= 0.3 is 6.09 Å². The van der Waals surface area contributed by atoms with Gasteiger partial charge in [0.05, 0.1) is 17.2 Å². The van der Waals surface area contributed by atoms with E-state index in [2.05, 4.69) is 23.2 Å². The number of likely N-dealkylation sites (tertiary alicyclic amines) is 1. The van der Waals surface area contributed by atoms with Crippen molar-refractivity contribution in [2.75, 3.05) is 13.1 Å². The second kappa shape index (κ2) is 11.8. The molecule has 0 saturated carbocycles. The second-order valence-corrected chi connectivity index (χ2v) is 13.9. The Labute approximate surface area is 253 Å². The Balaban J connectivity index is 1.06. The topological polar surface area (TPSA) is 85.8 Å². The van der Waals surface area contributed by atoms with Gasteiger partial charge in [-0.2, -0.15) is 0 Å². The smallest absolute Gasteiger partial charge is 0.415 e. The molecular weight excluding hydrogens is 560 g/mol. The van der Waals surface area contributed by atoms with Crippen molar-refractivity contribution in [2.24, 2.45) is 0 Å². The maximum absolute atomic E-state index is 12.8. The SMILES string of the molecule is Cc1cc(C)cc(OC(=O)N2CCC3(CCc4cc(-c5ccc(CS(=O)(=O)Cc6ccccn6)cc5)ccc4O3)CC2)c1. The lowest BCUT2D eigenvalue weighted by atomic mass is 9.82. The molecule has 0 bridgehead atoms. The summed E-state index contributed by atoms with van der Waals surface area (Å²) in [5.74, 6) is 1.39. The number of carbonyl (C=O) groups excluding carboxylic acids is 1. The first-order chi connectivity index (χ1) is 20.7. The van der Waals surface area contributed by atoms with Crippen LogP contribution >= 0.6 is 0 Å². The highest BCUT2D eigenvalue weighted by Gasteiger charge is 2.41. The number of aryl methyl sites for hydroxylation is 3. The Morgan fingerprint density at radius 2 is 1.60 bits per heavy atom. The number of hydrogen-bond acceptors (Lipinski definition) is 6. The zero-order chi connectivity index (χ0) is 30.0. The number of pyridine rings is 1. The van der Waals surface area contributed by atoms with Crippen molar-refractivity contribution in [1.29, 1.82) is 0 Å². The molecule has 1 spiro atoms. The van der Waals surface area contributed by atoms with E-state index < -0.39 is 9.84 Å². The number of benzene rings is 3. The van der Waals surface area contributed by atoms with Gasteiger partial charge in [-0.3, -0.25) is 4.98 Å². The van der Waals surface area contributed by atoms with Crippen LogP contribution in [-0.2, 0) is 27.8 Å². The van der Waals surface area contributed by atoms with Crippen LogP contribution in [0.1, 0.15) is 47.2 Å². The van der Waals surface area contributed by atoms with Gasteiger partial charge in [0.2, 0.25) is 0 Å². The van der Waals surface area contributed by atoms with Gasteiger partial charge in [-0.1, -0.05) is 42.5 Å². The predicted molar refractivity (Wildman–Crippen MR) is 167 cm³/mol. The van der Waals surface area contributed by atoms with Gasteiger partial charge < -0.3 is 14.4 Å². The molecule has 0 unspecified atom stereocenters. The molecule has 0 N–H and O–H groups in total. The number of aromatic nitrogens is 1. The molecule has 7 nitrogen and oxygen atoms in total. The minimum atomic E-state index is -3.32. The first-order valence-corrected chi connectivity index (χ1v) is 16.5. The summed E-state index contributed by atoms with van der Waals surface area (Å²) in [4.78, 5) is 18.7. The van der Waals surface area contributed by atoms with Gasteiger partial charge in [-0.25, -0.2) is 13.2 Å². The number of hydrogen-bond donors (Lipinski definition) is 0. The summed E-state index contributed by atoms with van der Waals surface area (Å²) in [5, 5.41) is 0. The van der Waals surface area contributed by atoms with Gasteiger partial charge in [0.1, 0.15) is 17.1 Å². The maximum Gasteiger partial charge on any atom is 0.415 e. The summed E-state index contributed by atoms with van der Waals surface area (Å²) in [5.41, 5.74) is 6.45. The van der Waals surface area contributed by atoms with Crippen LogP contribution in [0.3, 0.4) is 0 Å². The zero-order valence-electron chi connectivity index (χ0n) is 24.6. The second-order valence-electron chi connectivity index (χ2n) is 11.8. The molecule has 0 radical (unpaired) electrons. The summed E-state index contributed by atoms with van der Waals surface area (Å²) in [6.45, 7) is 5.18. The first-order valence-electron chi connectivity index (χ1n) is 14.7. The van der Waals surface area contributed by atoms with E-state index in [9.17, 15) is 13.2 Å². The first kappa shape index (κ1) is 28.9. The number of sulfone groups is 1. The Morgan fingerprint density at radius 1 is 0.884 bits per heavy atom. The fourth-order valence-corrected chi connectivity index (χ4v) is 7.54. The fourth-order valence-electron chi connectivity index (χ4n) is 6.11. The molecule has 1 aromatic heterocycles. The van der Waals surface area contributed by atoms with Gasteiger partial charge in [-0.15, -0.1) is 0 Å². The van der Waals surface area contributed by atoms with Gasteiger partial charge in [0.15, 0.2) is 9.84 Å². The third-order valence-electron chi connectivity index (χ3n) is 8.34. The van der Waals surface area contributed by atoms with Crippen LogP contribution < -0.4 is 9.47 Å². The average molecular weight is 597 g/mol. The monoisotopic (exact) mass is 596 g/mol. The number of nitrogens with zero attached hydrogens (tertiary/aromatic N) is 2. The molecule has 2 aliphatic heterocycles. The lowest BCUT2D eigenvalue weighted by molar-refractivity contribution is -0.00948. The van der Waals surface area contributed by atoms with Crippen LogP contribution in [-0.4, -0.2) is 43.1 Å². The number of piperidine rings is 1. The van der Waals surface area contributed by atoms with Crippen molar-refractivity contribution in [2.45, 2.75) is 56.6 Å². The molecule has 6 rings (SSSR count). The van der Waals surface area contributed by atoms with Crippen LogP contribution in [0.2, 0.25) is 0 Å². The highest BCUT2D eigenvalue weighted by atomic mass is 32.2. The number of fused-ring (bicyclic) bond motifs is 1. The molecule has 8 heteroatoms. The molecular formula is C35H36N2O5S. The van der Waals surface area contributed by atoms with E-state index >= 15 is 0 Å². The van der Waals surface area contributed by atoms with Gasteiger partial charge in [-0.05, 0) is 96.5 Å². The van der Waals surface area contributed by atoms with Crippen molar-refractivity contribution >= 4 is 15.9 Å². The molecule has 4 aromatic rings. The van der Waals surface area contributed by atoms with E-state index in [1.165, 1.54) is 5.56 Å². The fraction of sp³-hybridized carbons (Fsp3) is 0.314. The summed E-state index contributed by atoms with van der Waals surface area (Å²) in [7, 11) is -3.32. The van der Waals surface area contributed by atoms with Crippen LogP contribution in [0.4, 0.5) is 4.79 Å². The average Bonchev–Trinajstić information content (AvgIpc) is 2.97. The highest BCUT2D eigenvalue weighted by Crippen LogP contribution is 2.41. The van der Waals surface area contributed by atoms with E-state index in [-0.39, 0.29) is 23.2 Å². The summed E-state index contributed by atoms with van der Waals surface area (Å²) < 4.78 is 37.6. The van der Waals surface area contributed by atoms with Crippen molar-refractivity contribution in [3.05, 3.63) is 113 Å². The lowest BCUT2D eigenvalue weighted by Gasteiger charge is -2.44. The van der Waals surface area contributed by atoms with Crippen LogP contribution in [0, 0.1) is 13.8 Å². The summed E-state index contributed by atoms with van der Waals surface area (Å²) in [6.07, 6.45) is 4.63. The molecule has 3 heterocycles. The van der Waals surface area contributed by atoms with Crippen LogP contribution in [0.15, 0.2) is 85.1 Å². The minimum Gasteiger partial charge on any atom is -0.487 e. The zero-order valence-corrected chi connectivity index (χ0v) is 25.4. The molecule has 2 aliphatic rings. The molecule has 3 aromatic carbocycles. The molecule has 0 atom stereocenters. The molecule has 222 valence electrons. The molecule has 1 amide bonds. The van der Waals surface area contributed by atoms with E-state index in [0.717, 1.165) is 59.3 Å². The van der Waals surface area contributed by atoms with Crippen LogP contribution in [0.5, 0.6) is 11.5 Å². The summed E-state index contributed by atoms with van der Waals surface area (Å²) in [6, 6.07) is 25.1. The van der Waals surface area contributed by atoms with Crippen molar-refractivity contribution in [3.63, 3.8) is 0 Å². The number of amides is 1. The minimum absolute atomic E-state index is 0.0231. The molecule has 1 fully saturated rings. The normalized spacial score (nSPS) is 15.9. The Morgan fingerprint density at radius 3 is 2.30 bits per heavy atom. The number of ether oxygens (including phenoxy) is 2. The van der Waals surface area contributed by atoms with Crippen molar-refractivity contribution < 1.29 is 22.7 Å². The predicted octanol–water partition coefficient (Wildman–Crippen LogP) is 6.84. The largest absolute Gasteiger partial charge is 0.487 e. The van der Waals surface area contributed by atoms with Crippen molar-refractivity contribution in [3.8, 4) is 22.6 Å². The van der Waals surface area contributed by atoms with E-state index in [0.29, 0.717) is 24.5 Å². The molecule has 43 heavy (non-hydrogen) atoms. The highest BCUT2D eigenvalue weighted by molar-refractivity contribution is 7.89. The lowest BCUT2D eigenvalue weighted by Crippen LogP contribution is -2.51. The molecule has 0 aliphatic carbocycles. The van der Waals surface area contributed by atoms with E-state index in [1.807, 2.05) is 56.3 Å². The Kier molecular flexibility index (Phi) is 7.97. The maximum atomic E-state index is 12.8. The third-order valence-corrected chi connectivity index (χ3v) is 9.85. The van der Waals surface area contributed by atoms with E-state index in [4.69, 9.17) is 9.47 Å². The Bertz CT molecular complexity index is 1710. The molecule has 1 saturated heterocycles. The van der Waals surface area contributed by atoms with Gasteiger partial charge in [0.25, 0.3) is 0 Å². The van der Waals surface area contributed by atoms with E-state index in [1.54, 1.807) is 29.3 Å². The Hall–Kier alpha value is -4.17. The quantitative estimate of drug-likeness (QED) is 0.242. The standard InChI is InChI=1S/C35H36N2O5S/c1-25-19-26(2)21-32(20-25)41-34(38)37-17-14-35(15-18-37)13-12-30-22-29(10-11-33(30)42-35)28-8-6-27(7-9-28)23-43(39,40)24-31-5-3-4-16-36-31/h3-11,16,19-22H,12-15,17-18,23-24H2,1-2H3. The van der Waals surface area contributed by atoms with Gasteiger partial charge in [0, 0.05) is 32.1 Å². The number of rotatable bonds is 6. The summed E-state index contributed by atoms with van der Waals surface area (Å²) >= 11 is 0. The van der Waals surface area contributed by atoms with Crippen molar-refractivity contribution in [1.82, 2.24) is 9.88 Å². The number of carbonyl (C=O) groups is 1.